The van der Waals surface area contributed by atoms with Crippen molar-refractivity contribution in [1.29, 1.82) is 0 Å². The van der Waals surface area contributed by atoms with Gasteiger partial charge < -0.3 is 10.6 Å². The Balaban J connectivity index is 2.31. The molecule has 0 aliphatic rings. The molecular weight excluding hydrogens is 292 g/mol. The monoisotopic (exact) mass is 308 g/mol. The quantitative estimate of drug-likeness (QED) is 0.832. The van der Waals surface area contributed by atoms with E-state index in [4.69, 9.17) is 0 Å². The number of nitrogens with zero attached hydrogens (tertiary/aromatic N) is 2. The molecule has 0 saturated heterocycles. The van der Waals surface area contributed by atoms with E-state index in [1.165, 1.54) is 13.8 Å². The first-order chi connectivity index (χ1) is 10.9. The third-order valence-electron chi connectivity index (χ3n) is 2.72. The SMILES string of the molecule is CC(=O)Nc1cc(C#Cc2ncc(C)cc2NC(C)=O)ccn1. The molecule has 0 aliphatic carbocycles. The minimum Gasteiger partial charge on any atom is -0.324 e. The van der Waals surface area contributed by atoms with Crippen LogP contribution in [0.5, 0.6) is 0 Å². The van der Waals surface area contributed by atoms with Crippen LogP contribution in [-0.4, -0.2) is 21.8 Å². The third-order valence-corrected chi connectivity index (χ3v) is 2.72. The van der Waals surface area contributed by atoms with E-state index >= 15 is 0 Å². The first-order valence-corrected chi connectivity index (χ1v) is 6.94. The average molecular weight is 308 g/mol. The van der Waals surface area contributed by atoms with Gasteiger partial charge in [-0.25, -0.2) is 9.97 Å². The fraction of sp³-hybridized carbons (Fsp3) is 0.176. The Morgan fingerprint density at radius 3 is 2.48 bits per heavy atom. The molecule has 0 radical (unpaired) electrons. The highest BCUT2D eigenvalue weighted by molar-refractivity contribution is 5.90. The van der Waals surface area contributed by atoms with E-state index in [-0.39, 0.29) is 11.8 Å². The fourth-order valence-corrected chi connectivity index (χ4v) is 1.84. The lowest BCUT2D eigenvalue weighted by molar-refractivity contribution is -0.115. The van der Waals surface area contributed by atoms with Gasteiger partial charge in [-0.1, -0.05) is 5.92 Å². The maximum absolute atomic E-state index is 11.3. The van der Waals surface area contributed by atoms with Gasteiger partial charge >= 0.3 is 0 Å². The van der Waals surface area contributed by atoms with Crippen molar-refractivity contribution < 1.29 is 9.59 Å². The van der Waals surface area contributed by atoms with Gasteiger partial charge in [0.2, 0.25) is 11.8 Å². The van der Waals surface area contributed by atoms with Crippen molar-refractivity contribution in [3.63, 3.8) is 0 Å². The van der Waals surface area contributed by atoms with Crippen LogP contribution in [0.15, 0.2) is 30.6 Å². The predicted octanol–water partition coefficient (Wildman–Crippen LogP) is 2.10. The van der Waals surface area contributed by atoms with E-state index in [1.807, 2.05) is 13.0 Å². The van der Waals surface area contributed by atoms with Crippen LogP contribution in [-0.2, 0) is 9.59 Å². The lowest BCUT2D eigenvalue weighted by atomic mass is 10.2. The van der Waals surface area contributed by atoms with Crippen LogP contribution in [0.2, 0.25) is 0 Å². The lowest BCUT2D eigenvalue weighted by Gasteiger charge is -2.05. The van der Waals surface area contributed by atoms with E-state index < -0.39 is 0 Å². The van der Waals surface area contributed by atoms with E-state index in [0.717, 1.165) is 5.56 Å². The maximum atomic E-state index is 11.3. The molecule has 6 heteroatoms. The second kappa shape index (κ2) is 7.18. The molecule has 0 fully saturated rings. The van der Waals surface area contributed by atoms with Crippen LogP contribution >= 0.6 is 0 Å². The first kappa shape index (κ1) is 16.2. The molecule has 2 aromatic heterocycles. The molecular formula is C17H16N4O2. The number of anilines is 2. The predicted molar refractivity (Wildman–Crippen MR) is 87.8 cm³/mol. The van der Waals surface area contributed by atoms with Crippen LogP contribution in [0.25, 0.3) is 0 Å². The second-order valence-corrected chi connectivity index (χ2v) is 4.95. The number of carbonyl (C=O) groups is 2. The van der Waals surface area contributed by atoms with Crippen LogP contribution in [0, 0.1) is 18.8 Å². The van der Waals surface area contributed by atoms with Gasteiger partial charge in [0.05, 0.1) is 5.69 Å². The molecule has 0 saturated carbocycles. The number of amides is 2. The molecule has 0 spiro atoms. The van der Waals surface area contributed by atoms with Gasteiger partial charge in [-0.05, 0) is 36.6 Å². The number of pyridine rings is 2. The summed E-state index contributed by atoms with van der Waals surface area (Å²) in [6.45, 7) is 4.73. The van der Waals surface area contributed by atoms with Gasteiger partial charge in [0, 0.05) is 31.8 Å². The second-order valence-electron chi connectivity index (χ2n) is 4.95. The molecule has 0 unspecified atom stereocenters. The number of aromatic nitrogens is 2. The Kier molecular flexibility index (Phi) is 5.05. The third kappa shape index (κ3) is 4.93. The topological polar surface area (TPSA) is 84.0 Å². The minimum atomic E-state index is -0.198. The van der Waals surface area contributed by atoms with Crippen molar-refractivity contribution in [3.8, 4) is 11.8 Å². The zero-order valence-electron chi connectivity index (χ0n) is 13.1. The highest BCUT2D eigenvalue weighted by atomic mass is 16.2. The van der Waals surface area contributed by atoms with Crippen molar-refractivity contribution in [1.82, 2.24) is 9.97 Å². The molecule has 2 rings (SSSR count). The maximum Gasteiger partial charge on any atom is 0.222 e. The van der Waals surface area contributed by atoms with Crippen LogP contribution in [0.1, 0.15) is 30.7 Å². The molecule has 2 N–H and O–H groups in total. The van der Waals surface area contributed by atoms with Crippen molar-refractivity contribution in [2.75, 3.05) is 10.6 Å². The Morgan fingerprint density at radius 1 is 1.04 bits per heavy atom. The Labute approximate surface area is 134 Å². The molecule has 116 valence electrons. The summed E-state index contributed by atoms with van der Waals surface area (Å²) in [5.74, 6) is 5.93. The van der Waals surface area contributed by atoms with Crippen LogP contribution in [0.3, 0.4) is 0 Å². The van der Waals surface area contributed by atoms with Crippen molar-refractivity contribution in [3.05, 3.63) is 47.4 Å². The summed E-state index contributed by atoms with van der Waals surface area (Å²) in [7, 11) is 0. The first-order valence-electron chi connectivity index (χ1n) is 6.94. The molecule has 2 aromatic rings. The molecule has 2 heterocycles. The molecule has 0 aliphatic heterocycles. The van der Waals surface area contributed by atoms with Gasteiger partial charge in [-0.15, -0.1) is 0 Å². The normalized spacial score (nSPS) is 9.52. The summed E-state index contributed by atoms with van der Waals surface area (Å²) in [5, 5.41) is 5.31. The molecule has 23 heavy (non-hydrogen) atoms. The van der Waals surface area contributed by atoms with Crippen LogP contribution in [0.4, 0.5) is 11.5 Å². The van der Waals surface area contributed by atoms with Crippen LogP contribution < -0.4 is 10.6 Å². The Hall–Kier alpha value is -3.20. The van der Waals surface area contributed by atoms with Crippen molar-refractivity contribution in [2.45, 2.75) is 20.8 Å². The number of hydrogen-bond donors (Lipinski definition) is 2. The molecule has 0 atom stereocenters. The summed E-state index contributed by atoms with van der Waals surface area (Å²) >= 11 is 0. The zero-order valence-corrected chi connectivity index (χ0v) is 13.1. The highest BCUT2D eigenvalue weighted by Crippen LogP contribution is 2.14. The van der Waals surface area contributed by atoms with Gasteiger partial charge in [-0.2, -0.15) is 0 Å². The van der Waals surface area contributed by atoms with Crippen molar-refractivity contribution in [2.24, 2.45) is 0 Å². The Bertz CT molecular complexity index is 819. The minimum absolute atomic E-state index is 0.183. The van der Waals surface area contributed by atoms with Gasteiger partial charge in [-0.3, -0.25) is 9.59 Å². The van der Waals surface area contributed by atoms with Gasteiger partial charge in [0.1, 0.15) is 11.5 Å². The summed E-state index contributed by atoms with van der Waals surface area (Å²) < 4.78 is 0. The molecule has 2 amide bonds. The molecule has 0 bridgehead atoms. The number of nitrogens with one attached hydrogen (secondary N) is 2. The standard InChI is InChI=1S/C17H16N4O2/c1-11-8-16(20-12(2)22)15(19-10-11)5-4-14-6-7-18-17(9-14)21-13(3)23/h6-10H,1-3H3,(H,20,22)(H,18,21,23). The molecule has 6 nitrogen and oxygen atoms in total. The van der Waals surface area contributed by atoms with E-state index in [0.29, 0.717) is 22.8 Å². The summed E-state index contributed by atoms with van der Waals surface area (Å²) in [6.07, 6.45) is 3.25. The highest BCUT2D eigenvalue weighted by Gasteiger charge is 2.04. The summed E-state index contributed by atoms with van der Waals surface area (Å²) in [5.41, 5.74) is 2.65. The smallest absolute Gasteiger partial charge is 0.222 e. The van der Waals surface area contributed by atoms with Crippen molar-refractivity contribution >= 4 is 23.3 Å². The Morgan fingerprint density at radius 2 is 1.78 bits per heavy atom. The van der Waals surface area contributed by atoms with E-state index in [9.17, 15) is 9.59 Å². The number of hydrogen-bond acceptors (Lipinski definition) is 4. The van der Waals surface area contributed by atoms with Gasteiger partial charge in [0.15, 0.2) is 0 Å². The van der Waals surface area contributed by atoms with Gasteiger partial charge in [0.25, 0.3) is 0 Å². The fourth-order valence-electron chi connectivity index (χ4n) is 1.84. The lowest BCUT2D eigenvalue weighted by Crippen LogP contribution is -2.08. The molecule has 0 aromatic carbocycles. The zero-order chi connectivity index (χ0) is 16.8. The summed E-state index contributed by atoms with van der Waals surface area (Å²) in [6, 6.07) is 5.21. The summed E-state index contributed by atoms with van der Waals surface area (Å²) in [4.78, 5) is 30.6. The number of rotatable bonds is 2. The average Bonchev–Trinajstić information content (AvgIpc) is 2.45. The van der Waals surface area contributed by atoms with E-state index in [2.05, 4.69) is 32.4 Å². The van der Waals surface area contributed by atoms with E-state index in [1.54, 1.807) is 24.5 Å². The number of aryl methyl sites for hydroxylation is 1. The largest absolute Gasteiger partial charge is 0.324 e. The number of carbonyl (C=O) groups excluding carboxylic acids is 2.